The number of nitrogens with zero attached hydrogens (tertiary/aromatic N) is 3. The highest BCUT2D eigenvalue weighted by atomic mass is 35.5. The second-order valence-corrected chi connectivity index (χ2v) is 34.9. The van der Waals surface area contributed by atoms with Gasteiger partial charge in [0.25, 0.3) is 17.7 Å². The Balaban J connectivity index is 0.000000155. The zero-order valence-corrected chi connectivity index (χ0v) is 72.6. The van der Waals surface area contributed by atoms with Crippen LogP contribution in [0.5, 0.6) is 17.2 Å². The Kier molecular flexibility index (Phi) is 28.9. The molecular weight excluding hydrogens is 1620 g/mol. The van der Waals surface area contributed by atoms with Crippen molar-refractivity contribution in [1.29, 1.82) is 0 Å². The molecule has 0 spiro atoms. The average molecular weight is 1720 g/mol. The van der Waals surface area contributed by atoms with Crippen molar-refractivity contribution in [1.82, 2.24) is 30.7 Å². The van der Waals surface area contributed by atoms with Gasteiger partial charge >= 0.3 is 5.92 Å². The summed E-state index contributed by atoms with van der Waals surface area (Å²) in [5.41, 5.74) is 9.90. The molecule has 3 fully saturated rings. The third-order valence-corrected chi connectivity index (χ3v) is 28.3. The number of alkyl halides is 2. The number of amides is 3. The van der Waals surface area contributed by atoms with Crippen molar-refractivity contribution in [3.8, 4) is 63.0 Å². The van der Waals surface area contributed by atoms with Crippen LogP contribution >= 0.6 is 68.8 Å². The molecule has 0 saturated heterocycles. The Labute approximate surface area is 722 Å². The SMILES string of the molecule is C#Cc1ccc(-c2ccc(OC)c(CN(C(=O)c3sc4ccccc4c3Cl)C3CCC(NC)CC3)c2)cc1.CNC1CCC(N(Cc2cc(-c3ccc(C(=O)C(C)(F)F)cc3)ccc2OC)C(=O)c2sc3ccccc3c2Cl)CC1.CNC1CCC(N(Cc2cc(-c3ccc(C(C)=O)cc3)ccc2OC)C(=O)c2sc3ccccc3c2Cl)CC1. The van der Waals surface area contributed by atoms with E-state index in [1.54, 1.807) is 40.4 Å². The van der Waals surface area contributed by atoms with Gasteiger partial charge < -0.3 is 44.9 Å². The van der Waals surface area contributed by atoms with Gasteiger partial charge in [0.1, 0.15) is 31.9 Å². The maximum absolute atomic E-state index is 14.2. The van der Waals surface area contributed by atoms with Crippen molar-refractivity contribution >= 4 is 128 Å². The number of ether oxygens (including phenoxy) is 3. The van der Waals surface area contributed by atoms with Crippen molar-refractivity contribution in [3.63, 3.8) is 0 Å². The molecule has 0 aliphatic heterocycles. The molecule has 22 heteroatoms. The van der Waals surface area contributed by atoms with Crippen LogP contribution in [0.1, 0.15) is 163 Å². The summed E-state index contributed by atoms with van der Waals surface area (Å²) in [6.07, 6.45) is 17.0. The van der Waals surface area contributed by atoms with Crippen LogP contribution in [-0.4, -0.2) is 129 Å². The first-order chi connectivity index (χ1) is 57.5. The molecule has 0 bridgehead atoms. The molecule has 3 N–H and O–H groups in total. The van der Waals surface area contributed by atoms with E-state index in [2.05, 4.69) is 34.0 Å². The van der Waals surface area contributed by atoms with Gasteiger partial charge in [-0.2, -0.15) is 8.78 Å². The number of hydrogen-bond donors (Lipinski definition) is 3. The number of Topliss-reactive ketones (excluding diaryl/α,β-unsaturated/α-hetero) is 2. The van der Waals surface area contributed by atoms with Gasteiger partial charge in [-0.05, 0) is 205 Å². The summed E-state index contributed by atoms with van der Waals surface area (Å²) in [6, 6.07) is 64.8. The Hall–Kier alpha value is -9.82. The Morgan fingerprint density at radius 3 is 0.958 bits per heavy atom. The van der Waals surface area contributed by atoms with Crippen LogP contribution in [0.15, 0.2) is 200 Å². The second kappa shape index (κ2) is 39.6. The normalized spacial score (nSPS) is 17.2. The van der Waals surface area contributed by atoms with Gasteiger partial charge in [-0.25, -0.2) is 0 Å². The lowest BCUT2D eigenvalue weighted by atomic mass is 9.89. The summed E-state index contributed by atoms with van der Waals surface area (Å²) in [7, 11) is 10.9. The smallest absolute Gasteiger partial charge is 0.307 e. The van der Waals surface area contributed by atoms with Crippen molar-refractivity contribution in [2.45, 2.75) is 153 Å². The first-order valence-corrected chi connectivity index (χ1v) is 43.8. The van der Waals surface area contributed by atoms with Crippen LogP contribution in [0.25, 0.3) is 63.6 Å². The van der Waals surface area contributed by atoms with Crippen molar-refractivity contribution in [2.24, 2.45) is 0 Å². The second-order valence-electron chi connectivity index (χ2n) is 30.6. The Bertz CT molecular complexity index is 5660. The minimum Gasteiger partial charge on any atom is -0.496 e. The lowest BCUT2D eigenvalue weighted by Gasteiger charge is -2.37. The molecule has 15 rings (SSSR count). The number of methoxy groups -OCH3 is 3. The topological polar surface area (TPSA) is 159 Å². The third kappa shape index (κ3) is 20.1. The summed E-state index contributed by atoms with van der Waals surface area (Å²) < 4.78 is 47.3. The van der Waals surface area contributed by atoms with E-state index in [0.29, 0.717) is 85.7 Å². The van der Waals surface area contributed by atoms with E-state index in [9.17, 15) is 32.8 Å². The third-order valence-electron chi connectivity index (χ3n) is 23.4. The number of thiophene rings is 3. The summed E-state index contributed by atoms with van der Waals surface area (Å²) in [6.45, 7) is 3.34. The molecule has 0 unspecified atom stereocenters. The Morgan fingerprint density at radius 2 is 0.697 bits per heavy atom. The zero-order valence-electron chi connectivity index (χ0n) is 67.9. The van der Waals surface area contributed by atoms with Gasteiger partial charge in [0.15, 0.2) is 5.78 Å². The molecule has 3 aliphatic carbocycles. The summed E-state index contributed by atoms with van der Waals surface area (Å²) in [5, 5.41) is 14.4. The number of nitrogens with one attached hydrogen (secondary N) is 3. The maximum Gasteiger partial charge on any atom is 0.307 e. The fraction of sp³-hybridized carbons (Fsp3) is 0.309. The zero-order chi connectivity index (χ0) is 84.2. The molecule has 3 amide bonds. The molecule has 3 aliphatic rings. The first-order valence-electron chi connectivity index (χ1n) is 40.2. The van der Waals surface area contributed by atoms with Crippen molar-refractivity contribution < 1.29 is 47.0 Å². The van der Waals surface area contributed by atoms with Crippen LogP contribution in [0.4, 0.5) is 8.78 Å². The van der Waals surface area contributed by atoms with Gasteiger partial charge in [-0.3, -0.25) is 24.0 Å². The van der Waals surface area contributed by atoms with Gasteiger partial charge in [0.2, 0.25) is 5.78 Å². The number of rotatable bonds is 24. The average Bonchev–Trinajstić information content (AvgIpc) is 1.64. The number of hydrogen-bond acceptors (Lipinski definition) is 14. The van der Waals surface area contributed by atoms with E-state index in [-0.39, 0.29) is 47.2 Å². The first kappa shape index (κ1) is 87.0. The quantitative estimate of drug-likeness (QED) is 0.0390. The highest BCUT2D eigenvalue weighted by Gasteiger charge is 2.38. The van der Waals surface area contributed by atoms with Crippen LogP contribution in [-0.2, 0) is 19.6 Å². The van der Waals surface area contributed by atoms with E-state index >= 15 is 0 Å². The molecule has 3 aromatic heterocycles. The number of benzene rings is 9. The number of halogens is 5. The predicted molar refractivity (Wildman–Crippen MR) is 484 cm³/mol. The summed E-state index contributed by atoms with van der Waals surface area (Å²) in [5.74, 6) is 0.0376. The molecule has 119 heavy (non-hydrogen) atoms. The molecule has 0 atom stereocenters. The van der Waals surface area contributed by atoms with Crippen LogP contribution < -0.4 is 30.2 Å². The molecule has 12 aromatic rings. The molecule has 3 saturated carbocycles. The van der Waals surface area contributed by atoms with Crippen LogP contribution in [0.3, 0.4) is 0 Å². The molecule has 616 valence electrons. The largest absolute Gasteiger partial charge is 0.496 e. The molecule has 0 radical (unpaired) electrons. The number of ketones is 2. The number of carbonyl (C=O) groups excluding carboxylic acids is 5. The number of fused-ring (bicyclic) bond motifs is 3. The van der Waals surface area contributed by atoms with Gasteiger partial charge in [-0.1, -0.05) is 174 Å². The highest BCUT2D eigenvalue weighted by molar-refractivity contribution is 7.22. The van der Waals surface area contributed by atoms with E-state index in [0.717, 1.165) is 174 Å². The monoisotopic (exact) mass is 1710 g/mol. The number of terminal acetylenes is 1. The van der Waals surface area contributed by atoms with E-state index in [4.69, 9.17) is 55.4 Å². The van der Waals surface area contributed by atoms with E-state index in [1.807, 2.05) is 200 Å². The molecule has 14 nitrogen and oxygen atoms in total. The standard InChI is InChI=1S/C33H33ClF2N2O3S.C32H33ClN2O3S.C32H31ClN2O2S/c1-33(35,36)31(39)21-10-8-20(9-11-21)22-12-17-27(41-3)23(18-22)19-38(25-15-13-24(37-2)14-16-25)32(40)30-29(34)26-6-4-5-7-28(26)42-30;1-20(36)21-8-10-22(11-9-21)23-12-17-28(38-3)24(18-23)19-35(26-15-13-25(34-2)14-16-26)32(37)31-30(33)27-6-4-5-7-29(27)39-31;1-4-21-9-11-22(12-10-21)23-13-18-28(37-3)24(19-23)20-35(26-16-14-25(34-2)15-17-26)32(36)31-30(33)27-7-5-6-8-29(27)38-31/h4-12,17-18,24-25,37H,13-16,19H2,1-3H3;4-12,17-18,25-26,34H,13-16,19H2,1-3H3;1,5-13,18-19,25-26,34H,14-17,20H2,2-3H3. The number of carbonyl (C=O) groups is 5. The van der Waals surface area contributed by atoms with Crippen LogP contribution in [0.2, 0.25) is 15.1 Å². The molecule has 9 aromatic carbocycles. The fourth-order valence-electron chi connectivity index (χ4n) is 16.5. The minimum absolute atomic E-state index is 0.0186. The lowest BCUT2D eigenvalue weighted by molar-refractivity contribution is 0.0221. The minimum atomic E-state index is -3.44. The van der Waals surface area contributed by atoms with Gasteiger partial charge in [0, 0.05) is 126 Å². The predicted octanol–water partition coefficient (Wildman–Crippen LogP) is 23.2. The lowest BCUT2D eigenvalue weighted by Crippen LogP contribution is -2.44. The summed E-state index contributed by atoms with van der Waals surface area (Å²) in [4.78, 5) is 74.0. The molecule has 3 heterocycles. The van der Waals surface area contributed by atoms with Gasteiger partial charge in [-0.15, -0.1) is 40.4 Å². The fourth-order valence-corrected chi connectivity index (χ4v) is 20.9. The maximum atomic E-state index is 14.2. The van der Waals surface area contributed by atoms with Crippen LogP contribution in [0, 0.1) is 12.3 Å². The van der Waals surface area contributed by atoms with Crippen molar-refractivity contribution in [2.75, 3.05) is 42.5 Å². The summed E-state index contributed by atoms with van der Waals surface area (Å²) >= 11 is 24.7. The van der Waals surface area contributed by atoms with Gasteiger partial charge in [0.05, 0.1) is 36.4 Å². The van der Waals surface area contributed by atoms with E-state index < -0.39 is 11.7 Å². The molecular formula is C97H97Cl3F2N6O8S3. The van der Waals surface area contributed by atoms with Crippen molar-refractivity contribution in [3.05, 3.63) is 263 Å². The van der Waals surface area contributed by atoms with E-state index in [1.165, 1.54) is 46.1 Å². The Morgan fingerprint density at radius 1 is 0.420 bits per heavy atom. The highest BCUT2D eigenvalue weighted by Crippen LogP contribution is 2.44.